The molecule has 18 heavy (non-hydrogen) atoms. The molecule has 0 unspecified atom stereocenters. The monoisotopic (exact) mass is 256 g/mol. The summed E-state index contributed by atoms with van der Waals surface area (Å²) in [7, 11) is 0. The molecule has 1 fully saturated rings. The minimum Gasteiger partial charge on any atom is -0.444 e. The van der Waals surface area contributed by atoms with Crippen molar-refractivity contribution in [2.45, 2.75) is 32.8 Å². The van der Waals surface area contributed by atoms with E-state index in [1.165, 1.54) is 0 Å². The number of hydrogen-bond donors (Lipinski definition) is 1. The molecule has 102 valence electrons. The van der Waals surface area contributed by atoms with Crippen molar-refractivity contribution in [3.63, 3.8) is 0 Å². The molecule has 2 amide bonds. The van der Waals surface area contributed by atoms with Gasteiger partial charge in [-0.2, -0.15) is 0 Å². The summed E-state index contributed by atoms with van der Waals surface area (Å²) in [6, 6.07) is 0. The number of carbonyl (C=O) groups excluding carboxylic acids is 3. The molecule has 0 aromatic carbocycles. The van der Waals surface area contributed by atoms with E-state index in [0.717, 1.165) is 6.29 Å². The van der Waals surface area contributed by atoms with Crippen molar-refractivity contribution < 1.29 is 19.1 Å². The summed E-state index contributed by atoms with van der Waals surface area (Å²) in [6.45, 7) is 6.17. The standard InChI is InChI=1S/C12H20N2O4/c1-12(2,3)18-11(17)13-6-10(16)14-5-4-9(7-14)8-15/h8-9H,4-7H2,1-3H3,(H,13,17)/t9-/m1/s1. The van der Waals surface area contributed by atoms with E-state index in [0.29, 0.717) is 19.5 Å². The average molecular weight is 256 g/mol. The quantitative estimate of drug-likeness (QED) is 0.748. The van der Waals surface area contributed by atoms with Gasteiger partial charge < -0.3 is 19.7 Å². The van der Waals surface area contributed by atoms with Crippen molar-refractivity contribution in [2.24, 2.45) is 5.92 Å². The lowest BCUT2D eigenvalue weighted by Gasteiger charge is -2.20. The summed E-state index contributed by atoms with van der Waals surface area (Å²) in [5, 5.41) is 2.41. The van der Waals surface area contributed by atoms with Gasteiger partial charge in [-0.25, -0.2) is 4.79 Å². The van der Waals surface area contributed by atoms with Gasteiger partial charge in [0.15, 0.2) is 0 Å². The van der Waals surface area contributed by atoms with E-state index in [9.17, 15) is 14.4 Å². The summed E-state index contributed by atoms with van der Waals surface area (Å²) in [4.78, 5) is 35.2. The third-order valence-corrected chi connectivity index (χ3v) is 2.55. The topological polar surface area (TPSA) is 75.7 Å². The van der Waals surface area contributed by atoms with Gasteiger partial charge in [-0.3, -0.25) is 4.79 Å². The second-order valence-electron chi connectivity index (χ2n) is 5.38. The van der Waals surface area contributed by atoms with Crippen LogP contribution in [0.3, 0.4) is 0 Å². The van der Waals surface area contributed by atoms with Crippen LogP contribution in [0, 0.1) is 5.92 Å². The van der Waals surface area contributed by atoms with Gasteiger partial charge in [-0.1, -0.05) is 0 Å². The Morgan fingerprint density at radius 1 is 1.44 bits per heavy atom. The maximum atomic E-state index is 11.7. The van der Waals surface area contributed by atoms with Crippen molar-refractivity contribution in [3.8, 4) is 0 Å². The van der Waals surface area contributed by atoms with Crippen LogP contribution in [0.2, 0.25) is 0 Å². The Labute approximate surface area is 107 Å². The molecule has 0 aromatic heterocycles. The molecule has 1 aliphatic heterocycles. The number of ether oxygens (including phenoxy) is 1. The predicted molar refractivity (Wildman–Crippen MR) is 65.0 cm³/mol. The minimum atomic E-state index is -0.609. The Balaban J connectivity index is 2.29. The highest BCUT2D eigenvalue weighted by Gasteiger charge is 2.26. The van der Waals surface area contributed by atoms with Gasteiger partial charge in [0.25, 0.3) is 0 Å². The van der Waals surface area contributed by atoms with Gasteiger partial charge in [-0.05, 0) is 27.2 Å². The average Bonchev–Trinajstić information content (AvgIpc) is 2.72. The van der Waals surface area contributed by atoms with Crippen LogP contribution < -0.4 is 5.32 Å². The Hall–Kier alpha value is -1.59. The molecule has 1 heterocycles. The van der Waals surface area contributed by atoms with E-state index in [1.54, 1.807) is 25.7 Å². The number of amides is 2. The van der Waals surface area contributed by atoms with Gasteiger partial charge in [0, 0.05) is 19.0 Å². The van der Waals surface area contributed by atoms with Crippen LogP contribution >= 0.6 is 0 Å². The number of hydrogen-bond acceptors (Lipinski definition) is 4. The maximum absolute atomic E-state index is 11.7. The molecule has 1 rings (SSSR count). The molecule has 0 aliphatic carbocycles. The smallest absolute Gasteiger partial charge is 0.408 e. The molecule has 1 atom stereocenters. The van der Waals surface area contributed by atoms with Gasteiger partial charge >= 0.3 is 6.09 Å². The van der Waals surface area contributed by atoms with Crippen LogP contribution in [0.4, 0.5) is 4.79 Å². The largest absolute Gasteiger partial charge is 0.444 e. The Bertz CT molecular complexity index is 335. The summed E-state index contributed by atoms with van der Waals surface area (Å²) in [5.74, 6) is -0.263. The first kappa shape index (κ1) is 14.5. The van der Waals surface area contributed by atoms with Crippen LogP contribution in [0.15, 0.2) is 0 Å². The first-order chi connectivity index (χ1) is 8.31. The molecule has 1 aliphatic rings. The molecule has 0 bridgehead atoms. The number of carbonyl (C=O) groups is 3. The van der Waals surface area contributed by atoms with E-state index in [4.69, 9.17) is 4.74 Å². The number of alkyl carbamates (subject to hydrolysis) is 1. The zero-order valence-corrected chi connectivity index (χ0v) is 11.1. The van der Waals surface area contributed by atoms with Gasteiger partial charge in [0.2, 0.25) is 5.91 Å². The summed E-state index contributed by atoms with van der Waals surface area (Å²) >= 11 is 0. The number of rotatable bonds is 3. The van der Waals surface area contributed by atoms with E-state index >= 15 is 0 Å². The zero-order chi connectivity index (χ0) is 13.8. The maximum Gasteiger partial charge on any atom is 0.408 e. The molecule has 1 N–H and O–H groups in total. The molecule has 0 radical (unpaired) electrons. The Morgan fingerprint density at radius 2 is 2.11 bits per heavy atom. The summed E-state index contributed by atoms with van der Waals surface area (Å²) in [5.41, 5.74) is -0.580. The van der Waals surface area contributed by atoms with Crippen molar-refractivity contribution in [1.82, 2.24) is 10.2 Å². The molecular weight excluding hydrogens is 236 g/mol. The van der Waals surface area contributed by atoms with E-state index < -0.39 is 11.7 Å². The second kappa shape index (κ2) is 5.84. The number of nitrogens with one attached hydrogen (secondary N) is 1. The minimum absolute atomic E-state index is 0.0736. The van der Waals surface area contributed by atoms with Crippen LogP contribution in [-0.4, -0.2) is 48.4 Å². The first-order valence-corrected chi connectivity index (χ1v) is 6.02. The zero-order valence-electron chi connectivity index (χ0n) is 11.1. The van der Waals surface area contributed by atoms with Crippen molar-refractivity contribution in [3.05, 3.63) is 0 Å². The van der Waals surface area contributed by atoms with Gasteiger partial charge in [0.05, 0.1) is 0 Å². The van der Waals surface area contributed by atoms with Crippen LogP contribution in [-0.2, 0) is 14.3 Å². The molecule has 0 saturated carbocycles. The summed E-state index contributed by atoms with van der Waals surface area (Å²) in [6.07, 6.45) is 0.956. The fourth-order valence-corrected chi connectivity index (χ4v) is 1.70. The fourth-order valence-electron chi connectivity index (χ4n) is 1.70. The second-order valence-corrected chi connectivity index (χ2v) is 5.38. The van der Waals surface area contributed by atoms with E-state index in [-0.39, 0.29) is 18.4 Å². The van der Waals surface area contributed by atoms with Crippen molar-refractivity contribution >= 4 is 18.3 Å². The Morgan fingerprint density at radius 3 is 2.61 bits per heavy atom. The predicted octanol–water partition coefficient (Wildman–Crippen LogP) is 0.558. The summed E-state index contributed by atoms with van der Waals surface area (Å²) < 4.78 is 5.02. The number of likely N-dealkylation sites (tertiary alicyclic amines) is 1. The van der Waals surface area contributed by atoms with Crippen molar-refractivity contribution in [2.75, 3.05) is 19.6 Å². The lowest BCUT2D eigenvalue weighted by atomic mass is 10.1. The fraction of sp³-hybridized carbons (Fsp3) is 0.750. The van der Waals surface area contributed by atoms with Crippen molar-refractivity contribution in [1.29, 1.82) is 0 Å². The van der Waals surface area contributed by atoms with Gasteiger partial charge in [-0.15, -0.1) is 0 Å². The molecular formula is C12H20N2O4. The Kier molecular flexibility index (Phi) is 4.69. The highest BCUT2D eigenvalue weighted by atomic mass is 16.6. The molecule has 6 heteroatoms. The third-order valence-electron chi connectivity index (χ3n) is 2.55. The first-order valence-electron chi connectivity index (χ1n) is 6.02. The molecule has 0 spiro atoms. The van der Waals surface area contributed by atoms with Crippen LogP contribution in [0.1, 0.15) is 27.2 Å². The number of aldehydes is 1. The molecule has 0 aromatic rings. The van der Waals surface area contributed by atoms with Crippen LogP contribution in [0.5, 0.6) is 0 Å². The molecule has 6 nitrogen and oxygen atoms in total. The lowest BCUT2D eigenvalue weighted by molar-refractivity contribution is -0.129. The number of nitrogens with zero attached hydrogens (tertiary/aromatic N) is 1. The van der Waals surface area contributed by atoms with E-state index in [1.807, 2.05) is 0 Å². The van der Waals surface area contributed by atoms with Crippen LogP contribution in [0.25, 0.3) is 0 Å². The highest BCUT2D eigenvalue weighted by molar-refractivity contribution is 5.82. The van der Waals surface area contributed by atoms with Gasteiger partial charge in [0.1, 0.15) is 18.4 Å². The normalized spacial score (nSPS) is 19.5. The lowest BCUT2D eigenvalue weighted by Crippen LogP contribution is -2.41. The highest BCUT2D eigenvalue weighted by Crippen LogP contribution is 2.13. The SMILES string of the molecule is CC(C)(C)OC(=O)NCC(=O)N1CC[C@@H](C=O)C1. The third kappa shape index (κ3) is 4.73. The molecule has 1 saturated heterocycles. The van der Waals surface area contributed by atoms with E-state index in [2.05, 4.69) is 5.32 Å².